The van der Waals surface area contributed by atoms with E-state index in [1.807, 2.05) is 24.3 Å². The molecule has 3 heteroatoms. The van der Waals surface area contributed by atoms with E-state index in [9.17, 15) is 0 Å². The first-order valence-corrected chi connectivity index (χ1v) is 4.54. The smallest absolute Gasteiger partial charge is 0.0936 e. The molecule has 2 aromatic carbocycles. The van der Waals surface area contributed by atoms with Crippen molar-refractivity contribution in [2.24, 2.45) is 0 Å². The maximum atomic E-state index is 4.08. The van der Waals surface area contributed by atoms with Crippen molar-refractivity contribution in [3.63, 3.8) is 0 Å². The number of benzene rings is 2. The molecule has 0 aliphatic rings. The first kappa shape index (κ1) is 10.1. The molecule has 0 aliphatic carbocycles. The fourth-order valence-corrected chi connectivity index (χ4v) is 1.75. The van der Waals surface area contributed by atoms with E-state index in [0.29, 0.717) is 0 Å². The molecule has 0 aliphatic heterocycles. The second-order valence-electron chi connectivity index (χ2n) is 3.25. The summed E-state index contributed by atoms with van der Waals surface area (Å²) in [4.78, 5) is 0. The van der Waals surface area contributed by atoms with Gasteiger partial charge >= 0.3 is 0 Å². The van der Waals surface area contributed by atoms with Crippen LogP contribution in [0.5, 0.6) is 0 Å². The monoisotopic (exact) mass is 236 g/mol. The van der Waals surface area contributed by atoms with Crippen LogP contribution in [0.2, 0.25) is 0 Å². The van der Waals surface area contributed by atoms with Gasteiger partial charge in [0.15, 0.2) is 0 Å². The van der Waals surface area contributed by atoms with Gasteiger partial charge in [-0.05, 0) is 22.9 Å². The Kier molecular flexibility index (Phi) is 2.67. The minimum atomic E-state index is 0. The standard InChI is InChI=1S/C12H8N2.Fe/c1-2-4-10-9(3-1)5-6-12-11(10)7-8-13-14-12;/h1-8H;. The molecule has 0 bridgehead atoms. The SMILES string of the molecule is [Fe].c1ccc2c(c1)ccc1nnccc12. The number of aromatic nitrogens is 2. The molecule has 3 aromatic rings. The van der Waals surface area contributed by atoms with Gasteiger partial charge in [0.05, 0.1) is 11.7 Å². The van der Waals surface area contributed by atoms with Crippen LogP contribution in [0.15, 0.2) is 48.7 Å². The fraction of sp³-hybridized carbons (Fsp3) is 0. The summed E-state index contributed by atoms with van der Waals surface area (Å²) < 4.78 is 0. The summed E-state index contributed by atoms with van der Waals surface area (Å²) in [6.45, 7) is 0. The zero-order valence-electron chi connectivity index (χ0n) is 7.87. The van der Waals surface area contributed by atoms with Crippen LogP contribution in [0.25, 0.3) is 21.7 Å². The summed E-state index contributed by atoms with van der Waals surface area (Å²) in [5.41, 5.74) is 0.950. The van der Waals surface area contributed by atoms with Crippen LogP contribution in [0.1, 0.15) is 0 Å². The maximum Gasteiger partial charge on any atom is 0.0936 e. The summed E-state index contributed by atoms with van der Waals surface area (Å²) >= 11 is 0. The molecule has 0 fully saturated rings. The second kappa shape index (κ2) is 3.97. The normalized spacial score (nSPS) is 10.1. The minimum absolute atomic E-state index is 0. The summed E-state index contributed by atoms with van der Waals surface area (Å²) in [7, 11) is 0. The number of nitrogens with zero attached hydrogens (tertiary/aromatic N) is 2. The van der Waals surface area contributed by atoms with Gasteiger partial charge in [0.1, 0.15) is 0 Å². The summed E-state index contributed by atoms with van der Waals surface area (Å²) in [6.07, 6.45) is 1.73. The van der Waals surface area contributed by atoms with E-state index in [0.717, 1.165) is 10.9 Å². The Bertz CT molecular complexity index is 553. The van der Waals surface area contributed by atoms with E-state index < -0.39 is 0 Å². The molecule has 1 aromatic heterocycles. The van der Waals surface area contributed by atoms with Crippen LogP contribution in [0, 0.1) is 0 Å². The Morgan fingerprint density at radius 3 is 2.60 bits per heavy atom. The molecule has 0 saturated carbocycles. The van der Waals surface area contributed by atoms with Gasteiger partial charge in [-0.2, -0.15) is 10.2 Å². The van der Waals surface area contributed by atoms with E-state index in [2.05, 4.69) is 28.4 Å². The molecule has 74 valence electrons. The number of hydrogen-bond donors (Lipinski definition) is 0. The number of hydrogen-bond acceptors (Lipinski definition) is 2. The molecular weight excluding hydrogens is 228 g/mol. The zero-order chi connectivity index (χ0) is 9.38. The van der Waals surface area contributed by atoms with E-state index in [-0.39, 0.29) is 17.1 Å². The molecule has 0 radical (unpaired) electrons. The minimum Gasteiger partial charge on any atom is -0.159 e. The number of fused-ring (bicyclic) bond motifs is 3. The van der Waals surface area contributed by atoms with Crippen molar-refractivity contribution in [2.75, 3.05) is 0 Å². The van der Waals surface area contributed by atoms with Crippen molar-refractivity contribution in [1.29, 1.82) is 0 Å². The van der Waals surface area contributed by atoms with Crippen molar-refractivity contribution < 1.29 is 17.1 Å². The molecule has 0 atom stereocenters. The van der Waals surface area contributed by atoms with Crippen LogP contribution in [0.4, 0.5) is 0 Å². The second-order valence-corrected chi connectivity index (χ2v) is 3.25. The molecule has 0 saturated heterocycles. The molecular formula is C12H8FeN2. The van der Waals surface area contributed by atoms with E-state index in [4.69, 9.17) is 0 Å². The largest absolute Gasteiger partial charge is 0.159 e. The maximum absolute atomic E-state index is 4.08. The first-order valence-electron chi connectivity index (χ1n) is 4.54. The summed E-state index contributed by atoms with van der Waals surface area (Å²) in [5.74, 6) is 0. The van der Waals surface area contributed by atoms with Crippen molar-refractivity contribution in [3.05, 3.63) is 48.7 Å². The molecule has 15 heavy (non-hydrogen) atoms. The molecule has 2 nitrogen and oxygen atoms in total. The van der Waals surface area contributed by atoms with E-state index in [1.165, 1.54) is 10.8 Å². The Labute approximate surface area is 97.8 Å². The molecule has 1 heterocycles. The van der Waals surface area contributed by atoms with Crippen molar-refractivity contribution in [2.45, 2.75) is 0 Å². The van der Waals surface area contributed by atoms with Crippen molar-refractivity contribution in [3.8, 4) is 0 Å². The quantitative estimate of drug-likeness (QED) is 0.443. The Morgan fingerprint density at radius 1 is 0.800 bits per heavy atom. The van der Waals surface area contributed by atoms with Gasteiger partial charge in [-0.25, -0.2) is 0 Å². The zero-order valence-corrected chi connectivity index (χ0v) is 8.97. The molecule has 0 unspecified atom stereocenters. The van der Waals surface area contributed by atoms with E-state index in [1.54, 1.807) is 6.20 Å². The van der Waals surface area contributed by atoms with Gasteiger partial charge in [-0.1, -0.05) is 30.3 Å². The van der Waals surface area contributed by atoms with Crippen LogP contribution < -0.4 is 0 Å². The predicted octanol–water partition coefficient (Wildman–Crippen LogP) is 2.78. The Morgan fingerprint density at radius 2 is 1.67 bits per heavy atom. The van der Waals surface area contributed by atoms with Crippen LogP contribution in [0.3, 0.4) is 0 Å². The van der Waals surface area contributed by atoms with Crippen LogP contribution in [-0.2, 0) is 17.1 Å². The van der Waals surface area contributed by atoms with Gasteiger partial charge in [0, 0.05) is 22.5 Å². The van der Waals surface area contributed by atoms with Gasteiger partial charge < -0.3 is 0 Å². The first-order chi connectivity index (χ1) is 6.95. The molecule has 3 rings (SSSR count). The third kappa shape index (κ3) is 1.60. The van der Waals surface area contributed by atoms with Crippen LogP contribution in [-0.4, -0.2) is 10.2 Å². The van der Waals surface area contributed by atoms with Crippen LogP contribution >= 0.6 is 0 Å². The number of rotatable bonds is 0. The summed E-state index contributed by atoms with van der Waals surface area (Å²) in [5, 5.41) is 11.6. The predicted molar refractivity (Wildman–Crippen MR) is 57.0 cm³/mol. The Hall–Kier alpha value is -1.44. The fourth-order valence-electron chi connectivity index (χ4n) is 1.75. The van der Waals surface area contributed by atoms with E-state index >= 15 is 0 Å². The van der Waals surface area contributed by atoms with Crippen molar-refractivity contribution in [1.82, 2.24) is 10.2 Å². The molecule has 0 spiro atoms. The average molecular weight is 236 g/mol. The van der Waals surface area contributed by atoms with Crippen molar-refractivity contribution >= 4 is 21.7 Å². The third-order valence-corrected chi connectivity index (χ3v) is 2.42. The van der Waals surface area contributed by atoms with Gasteiger partial charge in [-0.3, -0.25) is 0 Å². The Balaban J connectivity index is 0.000000853. The molecule has 0 N–H and O–H groups in total. The molecule has 0 amide bonds. The summed E-state index contributed by atoms with van der Waals surface area (Å²) in [6, 6.07) is 14.4. The van der Waals surface area contributed by atoms with Gasteiger partial charge in [0.2, 0.25) is 0 Å². The van der Waals surface area contributed by atoms with Gasteiger partial charge in [-0.15, -0.1) is 0 Å². The third-order valence-electron chi connectivity index (χ3n) is 2.42. The van der Waals surface area contributed by atoms with Gasteiger partial charge in [0.25, 0.3) is 0 Å². The average Bonchev–Trinajstić information content (AvgIpc) is 2.29. The topological polar surface area (TPSA) is 25.8 Å².